The van der Waals surface area contributed by atoms with Crippen LogP contribution in [0.3, 0.4) is 0 Å². The minimum atomic E-state index is -0.920. The van der Waals surface area contributed by atoms with Gasteiger partial charge in [-0.15, -0.1) is 0 Å². The zero-order chi connectivity index (χ0) is 31.3. The first-order chi connectivity index (χ1) is 19.1. The van der Waals surface area contributed by atoms with E-state index in [-0.39, 0.29) is 42.8 Å². The third-order valence-corrected chi connectivity index (χ3v) is 5.94. The number of carboxylic acid groups (broad SMARTS) is 4. The molecule has 0 aromatic rings. The van der Waals surface area contributed by atoms with Crippen molar-refractivity contribution >= 4 is 23.9 Å². The van der Waals surface area contributed by atoms with Gasteiger partial charge >= 0.3 is 0 Å². The fraction of sp³-hybridized carbons (Fsp3) is 0.875. The number of carbonyl (C=O) groups is 4. The Morgan fingerprint density at radius 3 is 0.585 bits per heavy atom. The normalized spacial score (nSPS) is 9.46. The van der Waals surface area contributed by atoms with Gasteiger partial charge in [-0.1, -0.05) is 130 Å². The maximum absolute atomic E-state index is 9.92. The molecule has 0 aromatic heterocycles. The Bertz CT molecular complexity index is 460. The van der Waals surface area contributed by atoms with Crippen LogP contribution in [-0.4, -0.2) is 23.9 Å². The molecule has 0 saturated carbocycles. The van der Waals surface area contributed by atoms with Crippen LogP contribution in [0.15, 0.2) is 0 Å². The predicted octanol–water partition coefficient (Wildman–Crippen LogP) is 4.38. The van der Waals surface area contributed by atoms with E-state index in [9.17, 15) is 39.6 Å². The fourth-order valence-electron chi connectivity index (χ4n) is 3.49. The minimum absolute atomic E-state index is 0. The van der Waals surface area contributed by atoms with Gasteiger partial charge in [-0.2, -0.15) is 0 Å². The van der Waals surface area contributed by atoms with Gasteiger partial charge in [0.25, 0.3) is 0 Å². The molecule has 0 aliphatic heterocycles. The molecule has 0 fully saturated rings. The molecule has 0 aliphatic rings. The van der Waals surface area contributed by atoms with Crippen molar-refractivity contribution in [3.8, 4) is 0 Å². The molecular formula is C32H60MnO8-4. The standard InChI is InChI=1S/4C8H16O2.Mn/c4*1-2-3-4-5-6-7-8(9)10;/h4*2-7H2,1H3,(H,9,10);/p-4. The van der Waals surface area contributed by atoms with E-state index in [4.69, 9.17) is 0 Å². The van der Waals surface area contributed by atoms with Crippen LogP contribution in [0, 0.1) is 0 Å². The molecule has 0 unspecified atom stereocenters. The van der Waals surface area contributed by atoms with Gasteiger partial charge in [0.05, 0.1) is 0 Å². The van der Waals surface area contributed by atoms with Gasteiger partial charge in [-0.25, -0.2) is 0 Å². The fourth-order valence-corrected chi connectivity index (χ4v) is 3.49. The minimum Gasteiger partial charge on any atom is -0.550 e. The van der Waals surface area contributed by atoms with Crippen LogP contribution < -0.4 is 20.4 Å². The molecule has 1 radical (unpaired) electrons. The molecule has 0 spiro atoms. The van der Waals surface area contributed by atoms with Crippen molar-refractivity contribution in [2.75, 3.05) is 0 Å². The first kappa shape index (κ1) is 49.1. The summed E-state index contributed by atoms with van der Waals surface area (Å²) in [6.07, 6.45) is 22.4. The third-order valence-electron chi connectivity index (χ3n) is 5.94. The molecule has 0 bridgehead atoms. The molecule has 41 heavy (non-hydrogen) atoms. The largest absolute Gasteiger partial charge is 0.550 e. The van der Waals surface area contributed by atoms with E-state index < -0.39 is 23.9 Å². The first-order valence-electron chi connectivity index (χ1n) is 15.9. The number of unbranched alkanes of at least 4 members (excludes halogenated alkanes) is 16. The zero-order valence-electron chi connectivity index (χ0n) is 26.6. The third kappa shape index (κ3) is 73.0. The second-order valence-electron chi connectivity index (χ2n) is 10.1. The average molecular weight is 628 g/mol. The van der Waals surface area contributed by atoms with Crippen LogP contribution in [0.4, 0.5) is 0 Å². The second kappa shape index (κ2) is 45.4. The van der Waals surface area contributed by atoms with Crippen LogP contribution in [-0.2, 0) is 36.2 Å². The van der Waals surface area contributed by atoms with E-state index in [0.717, 1.165) is 77.0 Å². The van der Waals surface area contributed by atoms with Crippen molar-refractivity contribution in [2.24, 2.45) is 0 Å². The molecule has 0 N–H and O–H groups in total. The summed E-state index contributed by atoms with van der Waals surface area (Å²) in [4.78, 5) is 39.7. The molecule has 247 valence electrons. The predicted molar refractivity (Wildman–Crippen MR) is 154 cm³/mol. The van der Waals surface area contributed by atoms with Crippen LogP contribution in [0.1, 0.15) is 182 Å². The van der Waals surface area contributed by atoms with E-state index in [1.54, 1.807) is 0 Å². The Balaban J connectivity index is -0.000000139. The van der Waals surface area contributed by atoms with E-state index in [0.29, 0.717) is 0 Å². The van der Waals surface area contributed by atoms with Gasteiger partial charge in [0.1, 0.15) is 0 Å². The van der Waals surface area contributed by atoms with Crippen molar-refractivity contribution in [1.29, 1.82) is 0 Å². The molecule has 8 nitrogen and oxygen atoms in total. The molecule has 0 aromatic carbocycles. The number of hydrogen-bond donors (Lipinski definition) is 0. The van der Waals surface area contributed by atoms with Gasteiger partial charge in [0.15, 0.2) is 0 Å². The van der Waals surface area contributed by atoms with Gasteiger partial charge in [0, 0.05) is 40.9 Å². The average Bonchev–Trinajstić information content (AvgIpc) is 2.89. The Morgan fingerprint density at radius 1 is 0.317 bits per heavy atom. The number of carbonyl (C=O) groups excluding carboxylic acids is 4. The SMILES string of the molecule is CCCCCCCC(=O)[O-].CCCCCCCC(=O)[O-].CCCCCCCC(=O)[O-].CCCCCCCC(=O)[O-].[Mn]. The Kier molecular flexibility index (Phi) is 54.4. The summed E-state index contributed by atoms with van der Waals surface area (Å²) in [5.41, 5.74) is 0. The van der Waals surface area contributed by atoms with Gasteiger partial charge in [-0.05, 0) is 51.4 Å². The van der Waals surface area contributed by atoms with Crippen molar-refractivity contribution < 1.29 is 56.7 Å². The second-order valence-corrected chi connectivity index (χ2v) is 10.1. The number of hydrogen-bond acceptors (Lipinski definition) is 8. The van der Waals surface area contributed by atoms with Gasteiger partial charge < -0.3 is 39.6 Å². The Morgan fingerprint density at radius 2 is 0.463 bits per heavy atom. The summed E-state index contributed by atoms with van der Waals surface area (Å²) in [5, 5.41) is 39.7. The molecule has 0 rings (SSSR count). The van der Waals surface area contributed by atoms with Gasteiger partial charge in [-0.3, -0.25) is 0 Å². The summed E-state index contributed by atoms with van der Waals surface area (Å²) >= 11 is 0. The van der Waals surface area contributed by atoms with E-state index in [1.165, 1.54) is 51.4 Å². The molecule has 0 amide bonds. The Hall–Kier alpha value is -1.60. The number of aliphatic carboxylic acids is 4. The topological polar surface area (TPSA) is 161 Å². The molecule has 0 atom stereocenters. The molecule has 0 heterocycles. The van der Waals surface area contributed by atoms with E-state index in [2.05, 4.69) is 27.7 Å². The number of rotatable bonds is 24. The van der Waals surface area contributed by atoms with Crippen LogP contribution in [0.5, 0.6) is 0 Å². The van der Waals surface area contributed by atoms with Crippen molar-refractivity contribution in [3.05, 3.63) is 0 Å². The van der Waals surface area contributed by atoms with Crippen LogP contribution >= 0.6 is 0 Å². The first-order valence-corrected chi connectivity index (χ1v) is 15.9. The smallest absolute Gasteiger partial charge is 0.0414 e. The molecular weight excluding hydrogens is 567 g/mol. The summed E-state index contributed by atoms with van der Waals surface area (Å²) in [6, 6.07) is 0. The maximum atomic E-state index is 9.92. The summed E-state index contributed by atoms with van der Waals surface area (Å²) < 4.78 is 0. The Labute approximate surface area is 261 Å². The summed E-state index contributed by atoms with van der Waals surface area (Å²) in [7, 11) is 0. The molecule has 0 saturated heterocycles. The molecule has 9 heteroatoms. The van der Waals surface area contributed by atoms with Crippen molar-refractivity contribution in [1.82, 2.24) is 0 Å². The number of carboxylic acids is 4. The van der Waals surface area contributed by atoms with Crippen molar-refractivity contribution in [2.45, 2.75) is 182 Å². The van der Waals surface area contributed by atoms with Crippen molar-refractivity contribution in [3.63, 3.8) is 0 Å². The van der Waals surface area contributed by atoms with E-state index in [1.807, 2.05) is 0 Å². The summed E-state index contributed by atoms with van der Waals surface area (Å²) in [5.74, 6) is -3.68. The maximum Gasteiger partial charge on any atom is 0.0414 e. The zero-order valence-corrected chi connectivity index (χ0v) is 27.8. The van der Waals surface area contributed by atoms with E-state index >= 15 is 0 Å². The quantitative estimate of drug-likeness (QED) is 0.113. The van der Waals surface area contributed by atoms with Crippen LogP contribution in [0.2, 0.25) is 0 Å². The van der Waals surface area contributed by atoms with Crippen LogP contribution in [0.25, 0.3) is 0 Å². The monoisotopic (exact) mass is 627 g/mol. The molecule has 0 aliphatic carbocycles. The summed E-state index contributed by atoms with van der Waals surface area (Å²) in [6.45, 7) is 8.55. The van der Waals surface area contributed by atoms with Gasteiger partial charge in [0.2, 0.25) is 0 Å².